The van der Waals surface area contributed by atoms with E-state index in [1.165, 1.54) is 0 Å². The smallest absolute Gasteiger partial charge is 0.352 e. The highest BCUT2D eigenvalue weighted by atomic mass is 16.7. The van der Waals surface area contributed by atoms with Crippen LogP contribution in [0.5, 0.6) is 11.5 Å². The van der Waals surface area contributed by atoms with Gasteiger partial charge in [0.05, 0.1) is 0 Å². The number of hydrogen-bond donors (Lipinski definition) is 3. The molecular weight excluding hydrogens is 396 g/mol. The molecule has 0 spiro atoms. The predicted molar refractivity (Wildman–Crippen MR) is 114 cm³/mol. The lowest BCUT2D eigenvalue weighted by Crippen LogP contribution is -2.22. The van der Waals surface area contributed by atoms with Gasteiger partial charge < -0.3 is 24.9 Å². The number of amides is 1. The van der Waals surface area contributed by atoms with Gasteiger partial charge in [-0.1, -0.05) is 24.3 Å². The lowest BCUT2D eigenvalue weighted by Gasteiger charge is -2.08. The number of rotatable bonds is 5. The number of carbonyl (C=O) groups excluding carboxylic acids is 1. The molecule has 0 aliphatic carbocycles. The average Bonchev–Trinajstić information content (AvgIpc) is 3.43. The fraction of sp³-hybridized carbons (Fsp3) is 0.0833. The molecule has 1 amide bonds. The summed E-state index contributed by atoms with van der Waals surface area (Å²) in [6, 6.07) is 20.1. The van der Waals surface area contributed by atoms with Crippen LogP contribution in [-0.2, 0) is 6.54 Å². The van der Waals surface area contributed by atoms with Crippen molar-refractivity contribution in [3.05, 3.63) is 83.6 Å². The lowest BCUT2D eigenvalue weighted by molar-refractivity contribution is 0.0691. The van der Waals surface area contributed by atoms with Crippen LogP contribution in [0.4, 0.5) is 0 Å². The van der Waals surface area contributed by atoms with Crippen molar-refractivity contribution in [3.63, 3.8) is 0 Å². The van der Waals surface area contributed by atoms with E-state index in [2.05, 4.69) is 10.3 Å². The van der Waals surface area contributed by atoms with Gasteiger partial charge in [0.25, 0.3) is 5.91 Å². The molecule has 1 aliphatic heterocycles. The first-order chi connectivity index (χ1) is 15.1. The van der Waals surface area contributed by atoms with Gasteiger partial charge in [0.2, 0.25) is 6.79 Å². The second kappa shape index (κ2) is 7.53. The first-order valence-corrected chi connectivity index (χ1v) is 9.70. The summed E-state index contributed by atoms with van der Waals surface area (Å²) >= 11 is 0. The molecule has 31 heavy (non-hydrogen) atoms. The standard InChI is InChI=1S/C24H18N2O5/c27-23(25-12-14-4-7-21-22(8-14)31-13-30-21)17-3-1-2-15(9-17)16-5-6-19-18(10-16)11-20(26-19)24(28)29/h1-11,26H,12-13H2,(H,25,27)(H,28,29). The van der Waals surface area contributed by atoms with Crippen molar-refractivity contribution in [3.8, 4) is 22.6 Å². The molecule has 0 saturated carbocycles. The van der Waals surface area contributed by atoms with Crippen molar-refractivity contribution in [2.24, 2.45) is 0 Å². The van der Waals surface area contributed by atoms with Crippen LogP contribution in [0.1, 0.15) is 26.4 Å². The zero-order valence-corrected chi connectivity index (χ0v) is 16.3. The first-order valence-electron chi connectivity index (χ1n) is 9.70. The second-order valence-electron chi connectivity index (χ2n) is 7.24. The van der Waals surface area contributed by atoms with Crippen LogP contribution in [0.3, 0.4) is 0 Å². The maximum atomic E-state index is 12.7. The van der Waals surface area contributed by atoms with E-state index in [1.54, 1.807) is 12.1 Å². The molecular formula is C24H18N2O5. The Balaban J connectivity index is 1.34. The highest BCUT2D eigenvalue weighted by Crippen LogP contribution is 2.32. The molecule has 3 aromatic carbocycles. The van der Waals surface area contributed by atoms with Crippen LogP contribution >= 0.6 is 0 Å². The van der Waals surface area contributed by atoms with Gasteiger partial charge in [-0.15, -0.1) is 0 Å². The number of fused-ring (bicyclic) bond motifs is 2. The van der Waals surface area contributed by atoms with E-state index >= 15 is 0 Å². The molecule has 3 N–H and O–H groups in total. The highest BCUT2D eigenvalue weighted by Gasteiger charge is 2.14. The molecule has 1 aliphatic rings. The molecule has 0 bridgehead atoms. The zero-order valence-electron chi connectivity index (χ0n) is 16.3. The predicted octanol–water partition coefficient (Wildman–Crippen LogP) is 4.19. The van der Waals surface area contributed by atoms with Gasteiger partial charge in [0.15, 0.2) is 11.5 Å². The quantitative estimate of drug-likeness (QED) is 0.455. The van der Waals surface area contributed by atoms with Crippen molar-refractivity contribution in [1.82, 2.24) is 10.3 Å². The van der Waals surface area contributed by atoms with Crippen LogP contribution in [-0.4, -0.2) is 28.8 Å². The molecule has 7 heteroatoms. The molecule has 7 nitrogen and oxygen atoms in total. The van der Waals surface area contributed by atoms with Crippen molar-refractivity contribution >= 4 is 22.8 Å². The summed E-state index contributed by atoms with van der Waals surface area (Å²) < 4.78 is 10.7. The number of nitrogens with one attached hydrogen (secondary N) is 2. The fourth-order valence-electron chi connectivity index (χ4n) is 3.60. The molecule has 0 fully saturated rings. The number of carbonyl (C=O) groups is 2. The summed E-state index contributed by atoms with van der Waals surface area (Å²) in [7, 11) is 0. The third-order valence-electron chi connectivity index (χ3n) is 5.20. The van der Waals surface area contributed by atoms with Gasteiger partial charge >= 0.3 is 5.97 Å². The Bertz CT molecular complexity index is 1320. The Morgan fingerprint density at radius 2 is 1.77 bits per heavy atom. The average molecular weight is 414 g/mol. The number of benzene rings is 3. The Hall–Kier alpha value is -4.26. The van der Waals surface area contributed by atoms with Crippen LogP contribution in [0, 0.1) is 0 Å². The van der Waals surface area contributed by atoms with Crippen LogP contribution in [0.15, 0.2) is 66.7 Å². The van der Waals surface area contributed by atoms with Crippen molar-refractivity contribution in [2.75, 3.05) is 6.79 Å². The Kier molecular flexibility index (Phi) is 4.55. The van der Waals surface area contributed by atoms with Gasteiger partial charge in [0, 0.05) is 23.0 Å². The van der Waals surface area contributed by atoms with Gasteiger partial charge in [-0.2, -0.15) is 0 Å². The SMILES string of the molecule is O=C(NCc1ccc2c(c1)OCO2)c1cccc(-c2ccc3[nH]c(C(=O)O)cc3c2)c1. The molecule has 0 radical (unpaired) electrons. The number of aromatic nitrogens is 1. The van der Waals surface area contributed by atoms with Gasteiger partial charge in [-0.3, -0.25) is 4.79 Å². The third-order valence-corrected chi connectivity index (χ3v) is 5.20. The Labute approximate surface area is 177 Å². The number of carboxylic acids is 1. The maximum Gasteiger partial charge on any atom is 0.352 e. The van der Waals surface area contributed by atoms with E-state index in [0.29, 0.717) is 23.6 Å². The van der Waals surface area contributed by atoms with E-state index in [1.807, 2.05) is 54.6 Å². The van der Waals surface area contributed by atoms with E-state index in [0.717, 1.165) is 27.6 Å². The summed E-state index contributed by atoms with van der Waals surface area (Å²) in [5.74, 6) is 0.201. The Morgan fingerprint density at radius 3 is 2.65 bits per heavy atom. The largest absolute Gasteiger partial charge is 0.477 e. The number of H-pyrrole nitrogens is 1. The monoisotopic (exact) mass is 414 g/mol. The molecule has 4 aromatic rings. The van der Waals surface area contributed by atoms with Crippen molar-refractivity contribution < 1.29 is 24.2 Å². The van der Waals surface area contributed by atoms with E-state index in [4.69, 9.17) is 14.6 Å². The summed E-state index contributed by atoms with van der Waals surface area (Å²) in [5, 5.41) is 12.9. The summed E-state index contributed by atoms with van der Waals surface area (Å²) in [5.41, 5.74) is 4.12. The van der Waals surface area contributed by atoms with E-state index in [-0.39, 0.29) is 18.4 Å². The molecule has 2 heterocycles. The molecule has 5 rings (SSSR count). The first kappa shape index (κ1) is 18.7. The topological polar surface area (TPSA) is 101 Å². The van der Waals surface area contributed by atoms with Crippen molar-refractivity contribution in [2.45, 2.75) is 6.54 Å². The number of aromatic amines is 1. The van der Waals surface area contributed by atoms with Gasteiger partial charge in [-0.25, -0.2) is 4.79 Å². The second-order valence-corrected chi connectivity index (χ2v) is 7.24. The number of carboxylic acid groups (broad SMARTS) is 1. The minimum Gasteiger partial charge on any atom is -0.477 e. The molecule has 0 atom stereocenters. The van der Waals surface area contributed by atoms with Crippen LogP contribution in [0.2, 0.25) is 0 Å². The van der Waals surface area contributed by atoms with Gasteiger partial charge in [-0.05, 0) is 59.2 Å². The summed E-state index contributed by atoms with van der Waals surface area (Å²) in [4.78, 5) is 26.7. The Morgan fingerprint density at radius 1 is 0.935 bits per heavy atom. The molecule has 1 aromatic heterocycles. The van der Waals surface area contributed by atoms with E-state index in [9.17, 15) is 9.59 Å². The third kappa shape index (κ3) is 3.69. The van der Waals surface area contributed by atoms with Crippen molar-refractivity contribution in [1.29, 1.82) is 0 Å². The van der Waals surface area contributed by atoms with Crippen LogP contribution < -0.4 is 14.8 Å². The maximum absolute atomic E-state index is 12.7. The minimum absolute atomic E-state index is 0.142. The minimum atomic E-state index is -1.00. The van der Waals surface area contributed by atoms with Gasteiger partial charge in [0.1, 0.15) is 5.69 Å². The number of hydrogen-bond acceptors (Lipinski definition) is 4. The summed E-state index contributed by atoms with van der Waals surface area (Å²) in [6.45, 7) is 0.580. The molecule has 154 valence electrons. The fourth-order valence-corrected chi connectivity index (χ4v) is 3.60. The normalized spacial score (nSPS) is 12.1. The lowest BCUT2D eigenvalue weighted by atomic mass is 10.0. The number of aromatic carboxylic acids is 1. The number of ether oxygens (including phenoxy) is 2. The molecule has 0 saturated heterocycles. The highest BCUT2D eigenvalue weighted by molar-refractivity contribution is 5.97. The summed E-state index contributed by atoms with van der Waals surface area (Å²) in [6.07, 6.45) is 0. The zero-order chi connectivity index (χ0) is 21.4. The van der Waals surface area contributed by atoms with Crippen LogP contribution in [0.25, 0.3) is 22.0 Å². The van der Waals surface area contributed by atoms with E-state index < -0.39 is 5.97 Å². The molecule has 0 unspecified atom stereocenters.